The van der Waals surface area contributed by atoms with E-state index >= 15 is 0 Å². The van der Waals surface area contributed by atoms with Crippen molar-refractivity contribution in [2.45, 2.75) is 25.7 Å². The highest BCUT2D eigenvalue weighted by Gasteiger charge is 2.21. The molecule has 1 atom stereocenters. The molecular weight excluding hydrogens is 677 g/mol. The fraction of sp³-hybridized carbons (Fsp3) is 0.226. The number of aryl methyl sites for hydroxylation is 3. The highest BCUT2D eigenvalue weighted by Crippen LogP contribution is 2.46. The number of azo groups is 2. The van der Waals surface area contributed by atoms with Gasteiger partial charge in [-0.3, -0.25) is 4.55 Å². The molecule has 1 aliphatic rings. The SMILES string of the molecule is Cc1noc(-c2cc(S(=O)(=O)O)ccc2N=Nc2c(C)cc3cc(C)c(N=Nc4ccc(OS(=O)N5CCOCC5)cc4)c(N)c3c2O)n1. The second kappa shape index (κ2) is 13.8. The Morgan fingerprint density at radius 3 is 2.27 bits per heavy atom. The van der Waals surface area contributed by atoms with E-state index in [1.54, 1.807) is 48.5 Å². The van der Waals surface area contributed by atoms with Crippen molar-refractivity contribution >= 4 is 60.6 Å². The van der Waals surface area contributed by atoms with Gasteiger partial charge in [-0.15, -0.1) is 15.3 Å². The third kappa shape index (κ3) is 7.32. The maximum Gasteiger partial charge on any atom is 0.294 e. The van der Waals surface area contributed by atoms with Gasteiger partial charge in [-0.25, -0.2) is 0 Å². The number of hydrogen-bond donors (Lipinski definition) is 3. The Kier molecular flexibility index (Phi) is 9.48. The van der Waals surface area contributed by atoms with Crippen molar-refractivity contribution in [2.75, 3.05) is 32.0 Å². The van der Waals surface area contributed by atoms with E-state index in [0.717, 1.165) is 12.1 Å². The van der Waals surface area contributed by atoms with Gasteiger partial charge in [0, 0.05) is 13.1 Å². The predicted molar refractivity (Wildman–Crippen MR) is 180 cm³/mol. The monoisotopic (exact) mass is 706 g/mol. The Bertz CT molecular complexity index is 2250. The molecule has 2 heterocycles. The number of morpholine rings is 1. The third-order valence-electron chi connectivity index (χ3n) is 7.50. The number of benzene rings is 4. The quantitative estimate of drug-likeness (QED) is 0.0854. The number of phenolic OH excluding ortho intramolecular Hbond substituents is 1. The standard InChI is InChI=1S/C31H30N8O8S2/c1-17-14-20-15-18(2)29(37-35-25-9-8-23(49(42,43)44)16-24(25)31-33-19(3)38-46-31)30(40)26(20)27(32)28(17)36-34-21-4-6-22(7-5-21)47-48(41)39-10-12-45-13-11-39/h4-9,14-16,40H,10-13,32H2,1-3H3,(H,42,43,44). The van der Waals surface area contributed by atoms with Crippen LogP contribution < -0.4 is 9.92 Å². The smallest absolute Gasteiger partial charge is 0.294 e. The molecule has 4 aromatic carbocycles. The number of hydrogen-bond acceptors (Lipinski definition) is 14. The van der Waals surface area contributed by atoms with Crippen LogP contribution in [0.3, 0.4) is 0 Å². The number of nitrogens with two attached hydrogens (primary N) is 1. The van der Waals surface area contributed by atoms with E-state index < -0.39 is 26.3 Å². The van der Waals surface area contributed by atoms with Crippen molar-refractivity contribution in [3.05, 3.63) is 71.5 Å². The minimum atomic E-state index is -4.55. The summed E-state index contributed by atoms with van der Waals surface area (Å²) < 4.78 is 63.3. The predicted octanol–water partition coefficient (Wildman–Crippen LogP) is 6.47. The topological polar surface area (TPSA) is 228 Å². The summed E-state index contributed by atoms with van der Waals surface area (Å²) in [5.74, 6) is 0.393. The molecule has 0 amide bonds. The fourth-order valence-corrected chi connectivity index (χ4v) is 6.39. The highest BCUT2D eigenvalue weighted by atomic mass is 32.2. The van der Waals surface area contributed by atoms with E-state index in [1.165, 1.54) is 6.07 Å². The van der Waals surface area contributed by atoms with E-state index in [9.17, 15) is 22.3 Å². The first kappa shape index (κ1) is 33.7. The molecule has 0 aliphatic carbocycles. The van der Waals surface area contributed by atoms with Crippen LogP contribution in [0.5, 0.6) is 11.5 Å². The largest absolute Gasteiger partial charge is 0.505 e. The summed E-state index contributed by atoms with van der Waals surface area (Å²) in [5.41, 5.74) is 9.14. The van der Waals surface area contributed by atoms with Crippen molar-refractivity contribution in [1.82, 2.24) is 14.4 Å². The lowest BCUT2D eigenvalue weighted by Crippen LogP contribution is -2.39. The zero-order chi connectivity index (χ0) is 34.9. The first-order chi connectivity index (χ1) is 23.4. The average molecular weight is 707 g/mol. The number of rotatable bonds is 9. The van der Waals surface area contributed by atoms with Gasteiger partial charge in [0.05, 0.1) is 46.1 Å². The average Bonchev–Trinajstić information content (AvgIpc) is 3.50. The number of anilines is 1. The van der Waals surface area contributed by atoms with Crippen LogP contribution in [0.15, 0.2) is 84.5 Å². The second-order valence-corrected chi connectivity index (χ2v) is 13.5. The van der Waals surface area contributed by atoms with Gasteiger partial charge in [-0.05, 0) is 91.9 Å². The first-order valence-electron chi connectivity index (χ1n) is 14.7. The number of ether oxygens (including phenoxy) is 1. The Morgan fingerprint density at radius 2 is 1.61 bits per heavy atom. The molecule has 5 aromatic rings. The number of nitrogen functional groups attached to an aromatic ring is 1. The molecule has 0 bridgehead atoms. The van der Waals surface area contributed by atoms with E-state index in [0.29, 0.717) is 65.8 Å². The minimum Gasteiger partial charge on any atom is -0.505 e. The van der Waals surface area contributed by atoms with Gasteiger partial charge in [0.25, 0.3) is 27.3 Å². The van der Waals surface area contributed by atoms with Crippen molar-refractivity contribution < 1.29 is 35.7 Å². The van der Waals surface area contributed by atoms with Gasteiger partial charge in [0.1, 0.15) is 17.1 Å². The van der Waals surface area contributed by atoms with E-state index in [4.69, 9.17) is 19.2 Å². The van der Waals surface area contributed by atoms with Crippen LogP contribution in [-0.4, -0.2) is 63.0 Å². The molecule has 0 spiro atoms. The first-order valence-corrected chi connectivity index (χ1v) is 17.2. The summed E-state index contributed by atoms with van der Waals surface area (Å²) in [4.78, 5) is 3.73. The molecule has 16 nitrogen and oxygen atoms in total. The lowest BCUT2D eigenvalue weighted by Gasteiger charge is -2.24. The molecule has 0 saturated carbocycles. The summed E-state index contributed by atoms with van der Waals surface area (Å²) in [7, 11) is -4.55. The van der Waals surface area contributed by atoms with E-state index in [2.05, 4.69) is 30.6 Å². The van der Waals surface area contributed by atoms with Crippen LogP contribution in [-0.2, 0) is 26.1 Å². The van der Waals surface area contributed by atoms with Gasteiger partial charge in [0.15, 0.2) is 11.6 Å². The Balaban J connectivity index is 1.30. The zero-order valence-electron chi connectivity index (χ0n) is 26.4. The minimum absolute atomic E-state index is 0.0451. The Morgan fingerprint density at radius 1 is 0.939 bits per heavy atom. The molecule has 4 N–H and O–H groups in total. The highest BCUT2D eigenvalue weighted by molar-refractivity contribution is 7.85. The molecule has 1 fully saturated rings. The summed E-state index contributed by atoms with van der Waals surface area (Å²) >= 11 is -1.65. The summed E-state index contributed by atoms with van der Waals surface area (Å²) in [5, 5.41) is 33.3. The third-order valence-corrected chi connectivity index (χ3v) is 9.47. The Hall–Kier alpha value is -5.14. The molecular formula is C31H30N8O8S2. The van der Waals surface area contributed by atoms with Crippen LogP contribution in [0.25, 0.3) is 22.2 Å². The van der Waals surface area contributed by atoms with Crippen LogP contribution in [0.4, 0.5) is 28.4 Å². The van der Waals surface area contributed by atoms with Crippen molar-refractivity contribution in [3.8, 4) is 23.0 Å². The maximum atomic E-state index is 12.5. The van der Waals surface area contributed by atoms with Gasteiger partial charge in [-0.1, -0.05) is 5.16 Å². The molecule has 6 rings (SSSR count). The van der Waals surface area contributed by atoms with Crippen molar-refractivity contribution in [1.29, 1.82) is 0 Å². The molecule has 1 saturated heterocycles. The number of fused-ring (bicyclic) bond motifs is 1. The summed E-state index contributed by atoms with van der Waals surface area (Å²) in [6.07, 6.45) is 0. The van der Waals surface area contributed by atoms with E-state index in [1.807, 2.05) is 13.0 Å². The number of aromatic nitrogens is 2. The fourth-order valence-electron chi connectivity index (χ4n) is 5.06. The van der Waals surface area contributed by atoms with Gasteiger partial charge >= 0.3 is 0 Å². The molecule has 1 unspecified atom stereocenters. The zero-order valence-corrected chi connectivity index (χ0v) is 28.0. The van der Waals surface area contributed by atoms with Crippen LogP contribution in [0.2, 0.25) is 0 Å². The number of phenols is 1. The second-order valence-electron chi connectivity index (χ2n) is 11.0. The van der Waals surface area contributed by atoms with Gasteiger partial charge < -0.3 is 24.3 Å². The van der Waals surface area contributed by atoms with Crippen molar-refractivity contribution in [2.24, 2.45) is 20.5 Å². The summed E-state index contributed by atoms with van der Waals surface area (Å²) in [6.45, 7) is 7.16. The molecule has 18 heteroatoms. The lowest BCUT2D eigenvalue weighted by atomic mass is 9.99. The molecule has 49 heavy (non-hydrogen) atoms. The van der Waals surface area contributed by atoms with E-state index in [-0.39, 0.29) is 39.7 Å². The number of aromatic hydroxyl groups is 1. The molecule has 254 valence electrons. The number of nitrogens with zero attached hydrogens (tertiary/aromatic N) is 7. The van der Waals surface area contributed by atoms with Crippen LogP contribution >= 0.6 is 0 Å². The molecule has 1 aliphatic heterocycles. The lowest BCUT2D eigenvalue weighted by molar-refractivity contribution is 0.0728. The maximum absolute atomic E-state index is 12.5. The van der Waals surface area contributed by atoms with Crippen molar-refractivity contribution in [3.63, 3.8) is 0 Å². The Labute approximate surface area is 282 Å². The van der Waals surface area contributed by atoms with Gasteiger partial charge in [-0.2, -0.15) is 27.0 Å². The molecule has 0 radical (unpaired) electrons. The van der Waals surface area contributed by atoms with Gasteiger partial charge in [0.2, 0.25) is 0 Å². The summed E-state index contributed by atoms with van der Waals surface area (Å²) in [6, 6.07) is 13.8. The van der Waals surface area contributed by atoms with Crippen LogP contribution in [0, 0.1) is 20.8 Å². The molecule has 1 aromatic heterocycles. The normalized spacial score (nSPS) is 15.0. The van der Waals surface area contributed by atoms with Crippen LogP contribution in [0.1, 0.15) is 17.0 Å².